The zero-order chi connectivity index (χ0) is 17.1. The Balaban J connectivity index is 1.78. The van der Waals surface area contributed by atoms with Crippen LogP contribution in [0.15, 0.2) is 77.5 Å². The molecule has 25 heavy (non-hydrogen) atoms. The molecular formula is C20H15BrN4. The van der Waals surface area contributed by atoms with Gasteiger partial charge in [-0.1, -0.05) is 46.3 Å². The fourth-order valence-corrected chi connectivity index (χ4v) is 3.00. The molecule has 1 N–H and O–H groups in total. The summed E-state index contributed by atoms with van der Waals surface area (Å²) in [6, 6.07) is 20.1. The molecule has 0 radical (unpaired) electrons. The van der Waals surface area contributed by atoms with E-state index in [1.165, 1.54) is 5.56 Å². The number of pyridine rings is 1. The first kappa shape index (κ1) is 15.7. The van der Waals surface area contributed by atoms with Crippen LogP contribution in [-0.2, 0) is 6.54 Å². The van der Waals surface area contributed by atoms with Gasteiger partial charge >= 0.3 is 0 Å². The van der Waals surface area contributed by atoms with E-state index in [9.17, 15) is 0 Å². The predicted molar refractivity (Wildman–Crippen MR) is 104 cm³/mol. The zero-order valence-corrected chi connectivity index (χ0v) is 14.9. The lowest BCUT2D eigenvalue weighted by molar-refractivity contribution is 1.10. The molecular weight excluding hydrogens is 376 g/mol. The summed E-state index contributed by atoms with van der Waals surface area (Å²) in [6.45, 7) is 0.700. The van der Waals surface area contributed by atoms with E-state index in [1.54, 1.807) is 12.4 Å². The first-order chi connectivity index (χ1) is 12.3. The molecule has 0 atom stereocenters. The fraction of sp³-hybridized carbons (Fsp3) is 0.0500. The Morgan fingerprint density at radius 3 is 2.60 bits per heavy atom. The van der Waals surface area contributed by atoms with E-state index in [1.807, 2.05) is 48.5 Å². The van der Waals surface area contributed by atoms with E-state index < -0.39 is 0 Å². The number of rotatable bonds is 4. The second-order valence-electron chi connectivity index (χ2n) is 5.64. The van der Waals surface area contributed by atoms with Crippen molar-refractivity contribution >= 4 is 32.7 Å². The quantitative estimate of drug-likeness (QED) is 0.528. The predicted octanol–water partition coefficient (Wildman–Crippen LogP) is 5.07. The standard InChI is InChI=1S/C20H15BrN4/c21-16-8-9-18-17(11-16)20(23-12-14-5-2-1-3-6-14)25-19(24-18)15-7-4-10-22-13-15/h1-11,13H,12H2,(H,23,24,25). The molecule has 2 aromatic carbocycles. The van der Waals surface area contributed by atoms with Gasteiger partial charge in [0.05, 0.1) is 5.52 Å². The van der Waals surface area contributed by atoms with Crippen molar-refractivity contribution < 1.29 is 0 Å². The van der Waals surface area contributed by atoms with Crippen molar-refractivity contribution in [1.82, 2.24) is 15.0 Å². The molecule has 2 heterocycles. The van der Waals surface area contributed by atoms with E-state index in [-0.39, 0.29) is 0 Å². The van der Waals surface area contributed by atoms with Crippen LogP contribution in [-0.4, -0.2) is 15.0 Å². The number of hydrogen-bond acceptors (Lipinski definition) is 4. The number of fused-ring (bicyclic) bond motifs is 1. The largest absolute Gasteiger partial charge is 0.365 e. The fourth-order valence-electron chi connectivity index (χ4n) is 2.64. The average Bonchev–Trinajstić information content (AvgIpc) is 2.67. The van der Waals surface area contributed by atoms with Gasteiger partial charge in [0, 0.05) is 34.4 Å². The number of hydrogen-bond donors (Lipinski definition) is 1. The molecule has 4 aromatic rings. The summed E-state index contributed by atoms with van der Waals surface area (Å²) in [6.07, 6.45) is 3.53. The maximum absolute atomic E-state index is 4.74. The van der Waals surface area contributed by atoms with E-state index in [0.717, 1.165) is 26.8 Å². The molecule has 2 aromatic heterocycles. The van der Waals surface area contributed by atoms with Gasteiger partial charge < -0.3 is 5.32 Å². The third-order valence-corrected chi connectivity index (χ3v) is 4.37. The summed E-state index contributed by atoms with van der Waals surface area (Å²) in [5.74, 6) is 1.48. The molecule has 0 saturated heterocycles. The van der Waals surface area contributed by atoms with Crippen molar-refractivity contribution in [3.8, 4) is 11.4 Å². The van der Waals surface area contributed by atoms with Crippen LogP contribution in [0.5, 0.6) is 0 Å². The number of halogens is 1. The summed E-state index contributed by atoms with van der Waals surface area (Å²) in [5.41, 5.74) is 3.00. The molecule has 122 valence electrons. The molecule has 0 fully saturated rings. The highest BCUT2D eigenvalue weighted by atomic mass is 79.9. The molecule has 0 unspecified atom stereocenters. The number of anilines is 1. The van der Waals surface area contributed by atoms with Crippen LogP contribution in [0.2, 0.25) is 0 Å². The van der Waals surface area contributed by atoms with Crippen molar-refractivity contribution in [2.24, 2.45) is 0 Å². The lowest BCUT2D eigenvalue weighted by Gasteiger charge is -2.11. The number of aromatic nitrogens is 3. The van der Waals surface area contributed by atoms with Crippen LogP contribution in [0.1, 0.15) is 5.56 Å². The van der Waals surface area contributed by atoms with Crippen LogP contribution >= 0.6 is 15.9 Å². The molecule has 0 bridgehead atoms. The molecule has 4 nitrogen and oxygen atoms in total. The topological polar surface area (TPSA) is 50.7 Å². The second kappa shape index (κ2) is 6.99. The lowest BCUT2D eigenvalue weighted by atomic mass is 10.2. The van der Waals surface area contributed by atoms with Gasteiger partial charge in [-0.2, -0.15) is 0 Å². The van der Waals surface area contributed by atoms with E-state index in [0.29, 0.717) is 12.4 Å². The van der Waals surface area contributed by atoms with Gasteiger partial charge in [0.2, 0.25) is 0 Å². The number of nitrogens with one attached hydrogen (secondary N) is 1. The third-order valence-electron chi connectivity index (χ3n) is 3.88. The van der Waals surface area contributed by atoms with Crippen LogP contribution in [0.4, 0.5) is 5.82 Å². The molecule has 5 heteroatoms. The van der Waals surface area contributed by atoms with Gasteiger partial charge in [0.25, 0.3) is 0 Å². The van der Waals surface area contributed by atoms with Crippen molar-refractivity contribution in [3.63, 3.8) is 0 Å². The molecule has 0 saturated carbocycles. The summed E-state index contributed by atoms with van der Waals surface area (Å²) in [7, 11) is 0. The van der Waals surface area contributed by atoms with Gasteiger partial charge in [0.1, 0.15) is 5.82 Å². The van der Waals surface area contributed by atoms with Gasteiger partial charge in [-0.05, 0) is 35.9 Å². The Labute approximate surface area is 154 Å². The van der Waals surface area contributed by atoms with Gasteiger partial charge in [-0.25, -0.2) is 9.97 Å². The highest BCUT2D eigenvalue weighted by molar-refractivity contribution is 9.10. The first-order valence-electron chi connectivity index (χ1n) is 7.95. The summed E-state index contributed by atoms with van der Waals surface area (Å²) >= 11 is 3.53. The zero-order valence-electron chi connectivity index (χ0n) is 13.4. The highest BCUT2D eigenvalue weighted by Crippen LogP contribution is 2.27. The summed E-state index contributed by atoms with van der Waals surface area (Å²) in [5, 5.41) is 4.43. The lowest BCUT2D eigenvalue weighted by Crippen LogP contribution is -2.04. The Hall–Kier alpha value is -2.79. The Morgan fingerprint density at radius 1 is 0.920 bits per heavy atom. The smallest absolute Gasteiger partial charge is 0.163 e. The van der Waals surface area contributed by atoms with Crippen LogP contribution in [0.25, 0.3) is 22.3 Å². The number of nitrogens with zero attached hydrogens (tertiary/aromatic N) is 3. The molecule has 0 amide bonds. The number of benzene rings is 2. The maximum Gasteiger partial charge on any atom is 0.163 e. The molecule has 0 aliphatic carbocycles. The van der Waals surface area contributed by atoms with E-state index in [2.05, 4.69) is 38.4 Å². The van der Waals surface area contributed by atoms with Crippen molar-refractivity contribution in [1.29, 1.82) is 0 Å². The molecule has 4 rings (SSSR count). The highest BCUT2D eigenvalue weighted by Gasteiger charge is 2.10. The minimum absolute atomic E-state index is 0.665. The van der Waals surface area contributed by atoms with Crippen LogP contribution in [0, 0.1) is 0 Å². The Morgan fingerprint density at radius 2 is 1.80 bits per heavy atom. The van der Waals surface area contributed by atoms with Crippen LogP contribution in [0.3, 0.4) is 0 Å². The molecule has 0 aliphatic rings. The maximum atomic E-state index is 4.74. The summed E-state index contributed by atoms with van der Waals surface area (Å²) in [4.78, 5) is 13.6. The van der Waals surface area contributed by atoms with Crippen molar-refractivity contribution in [2.45, 2.75) is 6.54 Å². The van der Waals surface area contributed by atoms with Crippen molar-refractivity contribution in [2.75, 3.05) is 5.32 Å². The minimum atomic E-state index is 0.665. The monoisotopic (exact) mass is 390 g/mol. The molecule has 0 aliphatic heterocycles. The van der Waals surface area contributed by atoms with Gasteiger partial charge in [-0.3, -0.25) is 4.98 Å². The Bertz CT molecular complexity index is 1000. The molecule has 0 spiro atoms. The van der Waals surface area contributed by atoms with Crippen molar-refractivity contribution in [3.05, 3.63) is 83.1 Å². The van der Waals surface area contributed by atoms with E-state index in [4.69, 9.17) is 9.97 Å². The third kappa shape index (κ3) is 3.51. The average molecular weight is 391 g/mol. The second-order valence-corrected chi connectivity index (χ2v) is 6.55. The normalized spacial score (nSPS) is 10.8. The van der Waals surface area contributed by atoms with Gasteiger partial charge in [-0.15, -0.1) is 0 Å². The Kier molecular flexibility index (Phi) is 4.39. The van der Waals surface area contributed by atoms with Crippen LogP contribution < -0.4 is 5.32 Å². The minimum Gasteiger partial charge on any atom is -0.365 e. The van der Waals surface area contributed by atoms with Gasteiger partial charge in [0.15, 0.2) is 5.82 Å². The van der Waals surface area contributed by atoms with E-state index >= 15 is 0 Å². The summed E-state index contributed by atoms with van der Waals surface area (Å²) < 4.78 is 1.00. The first-order valence-corrected chi connectivity index (χ1v) is 8.74. The SMILES string of the molecule is Brc1ccc2nc(-c3cccnc3)nc(NCc3ccccc3)c2c1.